The molecule has 1 amide bonds. The average molecular weight is 283 g/mol. The van der Waals surface area contributed by atoms with Crippen LogP contribution in [0.15, 0.2) is 58.1 Å². The molecule has 0 saturated heterocycles. The second-order valence-corrected chi connectivity index (χ2v) is 4.56. The number of furan rings is 1. The first-order valence-electron chi connectivity index (χ1n) is 6.36. The minimum absolute atomic E-state index is 0.0405. The van der Waals surface area contributed by atoms with Gasteiger partial charge in [-0.2, -0.15) is 0 Å². The van der Waals surface area contributed by atoms with Gasteiger partial charge in [-0.25, -0.2) is 5.84 Å². The summed E-state index contributed by atoms with van der Waals surface area (Å²) in [4.78, 5) is 23.5. The summed E-state index contributed by atoms with van der Waals surface area (Å²) < 4.78 is 7.21. The lowest BCUT2D eigenvalue weighted by Gasteiger charge is -2.10. The maximum Gasteiger partial charge on any atom is 0.268 e. The van der Waals surface area contributed by atoms with Crippen LogP contribution in [0.4, 0.5) is 0 Å². The van der Waals surface area contributed by atoms with E-state index in [0.29, 0.717) is 23.3 Å². The molecule has 0 fully saturated rings. The summed E-state index contributed by atoms with van der Waals surface area (Å²) >= 11 is 0. The number of pyridine rings is 1. The van der Waals surface area contributed by atoms with Crippen molar-refractivity contribution < 1.29 is 9.21 Å². The third kappa shape index (κ3) is 2.32. The van der Waals surface area contributed by atoms with Crippen LogP contribution in [0.5, 0.6) is 0 Å². The van der Waals surface area contributed by atoms with E-state index in [0.717, 1.165) is 5.52 Å². The van der Waals surface area contributed by atoms with E-state index in [1.807, 2.05) is 22.8 Å². The van der Waals surface area contributed by atoms with Crippen LogP contribution in [0.2, 0.25) is 0 Å². The number of rotatable bonds is 3. The molecular weight excluding hydrogens is 270 g/mol. The lowest BCUT2D eigenvalue weighted by atomic mass is 10.2. The quantitative estimate of drug-likeness (QED) is 0.430. The number of nitrogens with zero attached hydrogens (tertiary/aromatic N) is 1. The molecule has 6 heteroatoms. The molecule has 6 nitrogen and oxygen atoms in total. The smallest absolute Gasteiger partial charge is 0.268 e. The number of aromatic nitrogens is 1. The van der Waals surface area contributed by atoms with Gasteiger partial charge >= 0.3 is 0 Å². The topological polar surface area (TPSA) is 90.3 Å². The highest BCUT2D eigenvalue weighted by Crippen LogP contribution is 2.16. The molecular formula is C15H13N3O3. The fraction of sp³-hybridized carbons (Fsp3) is 0.0667. The summed E-state index contributed by atoms with van der Waals surface area (Å²) in [6, 6.07) is 10.3. The Morgan fingerprint density at radius 3 is 2.86 bits per heavy atom. The predicted octanol–water partition coefficient (Wildman–Crippen LogP) is 1.25. The van der Waals surface area contributed by atoms with Crippen molar-refractivity contribution >= 4 is 16.8 Å². The number of benzene rings is 1. The molecule has 0 radical (unpaired) electrons. The average Bonchev–Trinajstić information content (AvgIpc) is 2.98. The van der Waals surface area contributed by atoms with Crippen LogP contribution in [0, 0.1) is 0 Å². The fourth-order valence-corrected chi connectivity index (χ4v) is 2.30. The molecule has 2 aromatic heterocycles. The fourth-order valence-electron chi connectivity index (χ4n) is 2.30. The van der Waals surface area contributed by atoms with Gasteiger partial charge in [-0.05, 0) is 18.2 Å². The maximum absolute atomic E-state index is 11.8. The van der Waals surface area contributed by atoms with Crippen molar-refractivity contribution in [1.29, 1.82) is 0 Å². The van der Waals surface area contributed by atoms with E-state index < -0.39 is 5.91 Å². The number of hydrogen-bond donors (Lipinski definition) is 2. The Morgan fingerprint density at radius 1 is 1.24 bits per heavy atom. The Balaban J connectivity index is 2.08. The van der Waals surface area contributed by atoms with E-state index in [-0.39, 0.29) is 5.43 Å². The molecule has 0 spiro atoms. The number of nitrogen functional groups attached to an aromatic ring is 1. The minimum Gasteiger partial charge on any atom is -0.467 e. The molecule has 106 valence electrons. The minimum atomic E-state index is -0.413. The number of para-hydroxylation sites is 1. The number of hydrogen-bond acceptors (Lipinski definition) is 4. The number of nitrogens with two attached hydrogens (primary N) is 1. The highest BCUT2D eigenvalue weighted by Gasteiger charge is 2.14. The molecule has 0 atom stereocenters. The third-order valence-electron chi connectivity index (χ3n) is 3.32. The van der Waals surface area contributed by atoms with E-state index in [4.69, 9.17) is 10.3 Å². The molecule has 3 aromatic rings. The van der Waals surface area contributed by atoms with Gasteiger partial charge in [-0.15, -0.1) is 0 Å². The van der Waals surface area contributed by atoms with Crippen molar-refractivity contribution in [3.05, 3.63) is 70.4 Å². The Labute approximate surface area is 119 Å². The largest absolute Gasteiger partial charge is 0.467 e. The standard InChI is InChI=1S/C15H13N3O3/c16-17-15(20)11-6-8-21-14(11)9-18-7-5-13(19)10-3-1-2-4-12(10)18/h1-8H,9,16H2,(H,17,20). The first kappa shape index (κ1) is 13.1. The Morgan fingerprint density at radius 2 is 2.05 bits per heavy atom. The summed E-state index contributed by atoms with van der Waals surface area (Å²) in [6.45, 7) is 0.330. The Kier molecular flexibility index (Phi) is 3.29. The normalized spacial score (nSPS) is 10.7. The van der Waals surface area contributed by atoms with Gasteiger partial charge in [0.05, 0.1) is 23.9 Å². The Hall–Kier alpha value is -2.86. The summed E-state index contributed by atoms with van der Waals surface area (Å²) in [5, 5.41) is 0.622. The molecule has 3 N–H and O–H groups in total. The first-order chi connectivity index (χ1) is 10.2. The molecule has 2 heterocycles. The lowest BCUT2D eigenvalue weighted by Crippen LogP contribution is -2.30. The van der Waals surface area contributed by atoms with Crippen molar-refractivity contribution in [1.82, 2.24) is 9.99 Å². The summed E-state index contributed by atoms with van der Waals surface area (Å²) in [5.74, 6) is 5.21. The van der Waals surface area contributed by atoms with E-state index in [9.17, 15) is 9.59 Å². The van der Waals surface area contributed by atoms with E-state index in [1.54, 1.807) is 18.3 Å². The Bertz CT molecular complexity index is 864. The van der Waals surface area contributed by atoms with E-state index in [2.05, 4.69) is 5.43 Å². The number of nitrogens with one attached hydrogen (secondary N) is 1. The maximum atomic E-state index is 11.8. The van der Waals surface area contributed by atoms with Crippen molar-refractivity contribution in [2.24, 2.45) is 5.84 Å². The number of carbonyl (C=O) groups excluding carboxylic acids is 1. The van der Waals surface area contributed by atoms with Gasteiger partial charge in [0.2, 0.25) is 0 Å². The van der Waals surface area contributed by atoms with Gasteiger partial charge in [-0.3, -0.25) is 15.0 Å². The molecule has 3 rings (SSSR count). The van der Waals surface area contributed by atoms with E-state index in [1.165, 1.54) is 12.3 Å². The third-order valence-corrected chi connectivity index (χ3v) is 3.32. The van der Waals surface area contributed by atoms with Crippen LogP contribution in [0.1, 0.15) is 16.1 Å². The zero-order valence-corrected chi connectivity index (χ0v) is 11.1. The van der Waals surface area contributed by atoms with Crippen molar-refractivity contribution in [2.45, 2.75) is 6.54 Å². The number of carbonyl (C=O) groups is 1. The van der Waals surface area contributed by atoms with Crippen LogP contribution in [-0.2, 0) is 6.54 Å². The molecule has 0 aliphatic carbocycles. The van der Waals surface area contributed by atoms with Gasteiger partial charge in [0, 0.05) is 17.6 Å². The summed E-state index contributed by atoms with van der Waals surface area (Å²) in [7, 11) is 0. The second-order valence-electron chi connectivity index (χ2n) is 4.56. The summed E-state index contributed by atoms with van der Waals surface area (Å²) in [6.07, 6.45) is 3.11. The van der Waals surface area contributed by atoms with Gasteiger partial charge in [0.15, 0.2) is 5.43 Å². The molecule has 0 bridgehead atoms. The van der Waals surface area contributed by atoms with Crippen LogP contribution in [0.25, 0.3) is 10.9 Å². The van der Waals surface area contributed by atoms with Crippen LogP contribution in [-0.4, -0.2) is 10.5 Å². The number of amides is 1. The van der Waals surface area contributed by atoms with Crippen molar-refractivity contribution in [2.75, 3.05) is 0 Å². The van der Waals surface area contributed by atoms with Crippen LogP contribution >= 0.6 is 0 Å². The number of hydrazine groups is 1. The molecule has 0 unspecified atom stereocenters. The highest BCUT2D eigenvalue weighted by atomic mass is 16.3. The second kappa shape index (κ2) is 5.26. The lowest BCUT2D eigenvalue weighted by molar-refractivity contribution is 0.0951. The highest BCUT2D eigenvalue weighted by molar-refractivity contribution is 5.94. The molecule has 0 aliphatic heterocycles. The molecule has 0 saturated carbocycles. The molecule has 1 aromatic carbocycles. The molecule has 0 aliphatic rings. The zero-order chi connectivity index (χ0) is 14.8. The van der Waals surface area contributed by atoms with Gasteiger partial charge in [0.25, 0.3) is 5.91 Å². The van der Waals surface area contributed by atoms with Gasteiger partial charge in [-0.1, -0.05) is 12.1 Å². The monoisotopic (exact) mass is 283 g/mol. The van der Waals surface area contributed by atoms with Crippen LogP contribution in [0.3, 0.4) is 0 Å². The summed E-state index contributed by atoms with van der Waals surface area (Å²) in [5.41, 5.74) is 3.19. The zero-order valence-electron chi connectivity index (χ0n) is 11.1. The van der Waals surface area contributed by atoms with Crippen LogP contribution < -0.4 is 16.7 Å². The van der Waals surface area contributed by atoms with Gasteiger partial charge in [0.1, 0.15) is 5.76 Å². The predicted molar refractivity (Wildman–Crippen MR) is 77.7 cm³/mol. The van der Waals surface area contributed by atoms with E-state index >= 15 is 0 Å². The van der Waals surface area contributed by atoms with Crippen molar-refractivity contribution in [3.63, 3.8) is 0 Å². The first-order valence-corrected chi connectivity index (χ1v) is 6.36. The van der Waals surface area contributed by atoms with Crippen molar-refractivity contribution in [3.8, 4) is 0 Å². The number of fused-ring (bicyclic) bond motifs is 1. The SMILES string of the molecule is NNC(=O)c1ccoc1Cn1ccc(=O)c2ccccc21. The molecule has 21 heavy (non-hydrogen) atoms. The van der Waals surface area contributed by atoms with Gasteiger partial charge < -0.3 is 8.98 Å².